The average molecular weight is 439 g/mol. The molecular formula is C27H50O4. The van der Waals surface area contributed by atoms with E-state index in [-0.39, 0.29) is 24.3 Å². The van der Waals surface area contributed by atoms with Crippen molar-refractivity contribution in [3.63, 3.8) is 0 Å². The van der Waals surface area contributed by atoms with Crippen LogP contribution in [0.5, 0.6) is 0 Å². The lowest BCUT2D eigenvalue weighted by molar-refractivity contribution is -0.144. The highest BCUT2D eigenvalue weighted by atomic mass is 16.5. The molecule has 0 amide bonds. The topological polar surface area (TPSA) is 66.8 Å². The number of aliphatic hydroxyl groups excluding tert-OH is 2. The normalized spacial score (nSPS) is 18.2. The molecule has 4 heteroatoms. The average Bonchev–Trinajstić information content (AvgIpc) is 2.75. The van der Waals surface area contributed by atoms with Crippen LogP contribution in [0.1, 0.15) is 135 Å². The molecule has 0 saturated carbocycles. The van der Waals surface area contributed by atoms with E-state index in [4.69, 9.17) is 4.74 Å². The highest BCUT2D eigenvalue weighted by molar-refractivity contribution is 5.82. The molecule has 1 aliphatic rings. The Kier molecular flexibility index (Phi) is 18.0. The second kappa shape index (κ2) is 19.8. The van der Waals surface area contributed by atoms with Gasteiger partial charge in [-0.2, -0.15) is 0 Å². The van der Waals surface area contributed by atoms with Crippen LogP contribution in [0.25, 0.3) is 0 Å². The van der Waals surface area contributed by atoms with Crippen molar-refractivity contribution in [1.29, 1.82) is 0 Å². The highest BCUT2D eigenvalue weighted by Gasteiger charge is 2.16. The lowest BCUT2D eigenvalue weighted by Gasteiger charge is -2.19. The van der Waals surface area contributed by atoms with E-state index in [0.717, 1.165) is 32.1 Å². The Bertz CT molecular complexity index is 449. The van der Waals surface area contributed by atoms with Gasteiger partial charge in [0.2, 0.25) is 0 Å². The number of carbonyl (C=O) groups is 1. The van der Waals surface area contributed by atoms with Gasteiger partial charge in [0.1, 0.15) is 6.10 Å². The Morgan fingerprint density at radius 2 is 1.26 bits per heavy atom. The first-order valence-corrected chi connectivity index (χ1v) is 13.3. The molecule has 0 radical (unpaired) electrons. The fourth-order valence-corrected chi connectivity index (χ4v) is 4.40. The Balaban J connectivity index is 1.83. The predicted octanol–water partition coefficient (Wildman–Crippen LogP) is 7.01. The van der Waals surface area contributed by atoms with Crippen LogP contribution in [0, 0.1) is 0 Å². The van der Waals surface area contributed by atoms with Crippen molar-refractivity contribution in [3.05, 3.63) is 12.2 Å². The van der Waals surface area contributed by atoms with Gasteiger partial charge >= 0.3 is 5.97 Å². The van der Waals surface area contributed by atoms with Crippen LogP contribution >= 0.6 is 0 Å². The summed E-state index contributed by atoms with van der Waals surface area (Å²) in [5.74, 6) is -0.256. The SMILES string of the molecule is CCCCCCCCCCCCCCC[C@H](O)CC[C@H](O)CCC[C@H]1CC=CC(=O)O1. The van der Waals surface area contributed by atoms with Crippen molar-refractivity contribution < 1.29 is 19.7 Å². The summed E-state index contributed by atoms with van der Waals surface area (Å²) in [5.41, 5.74) is 0. The number of ether oxygens (including phenoxy) is 1. The molecule has 1 aliphatic heterocycles. The smallest absolute Gasteiger partial charge is 0.330 e. The van der Waals surface area contributed by atoms with Crippen molar-refractivity contribution in [2.45, 2.75) is 154 Å². The molecule has 0 fully saturated rings. The van der Waals surface area contributed by atoms with Gasteiger partial charge in [-0.3, -0.25) is 0 Å². The molecule has 2 N–H and O–H groups in total. The maximum atomic E-state index is 11.2. The first kappa shape index (κ1) is 28.2. The molecule has 0 aromatic heterocycles. The van der Waals surface area contributed by atoms with Gasteiger partial charge < -0.3 is 14.9 Å². The molecule has 1 heterocycles. The quantitative estimate of drug-likeness (QED) is 0.149. The zero-order chi connectivity index (χ0) is 22.6. The summed E-state index contributed by atoms with van der Waals surface area (Å²) in [6.45, 7) is 2.27. The Morgan fingerprint density at radius 1 is 0.774 bits per heavy atom. The molecule has 0 aliphatic carbocycles. The lowest BCUT2D eigenvalue weighted by atomic mass is 9.99. The lowest BCUT2D eigenvalue weighted by Crippen LogP contribution is -2.20. The number of unbranched alkanes of at least 4 members (excludes halogenated alkanes) is 12. The van der Waals surface area contributed by atoms with E-state index in [0.29, 0.717) is 19.3 Å². The molecule has 0 bridgehead atoms. The number of cyclic esters (lactones) is 1. The van der Waals surface area contributed by atoms with Gasteiger partial charge in [-0.05, 0) is 38.5 Å². The van der Waals surface area contributed by atoms with Crippen LogP contribution in [0.15, 0.2) is 12.2 Å². The second-order valence-electron chi connectivity index (χ2n) is 9.54. The van der Waals surface area contributed by atoms with Crippen molar-refractivity contribution in [1.82, 2.24) is 0 Å². The van der Waals surface area contributed by atoms with Crippen molar-refractivity contribution in [2.75, 3.05) is 0 Å². The molecule has 0 spiro atoms. The summed E-state index contributed by atoms with van der Waals surface area (Å²) in [4.78, 5) is 11.2. The molecular weight excluding hydrogens is 388 g/mol. The third-order valence-electron chi connectivity index (χ3n) is 6.47. The summed E-state index contributed by atoms with van der Waals surface area (Å²) < 4.78 is 5.23. The number of esters is 1. The van der Waals surface area contributed by atoms with Gasteiger partial charge in [-0.15, -0.1) is 0 Å². The van der Waals surface area contributed by atoms with E-state index < -0.39 is 0 Å². The van der Waals surface area contributed by atoms with Gasteiger partial charge in [-0.25, -0.2) is 4.79 Å². The van der Waals surface area contributed by atoms with Gasteiger partial charge in [-0.1, -0.05) is 96.5 Å². The van der Waals surface area contributed by atoms with E-state index in [1.165, 1.54) is 83.1 Å². The molecule has 182 valence electrons. The summed E-state index contributed by atoms with van der Waals surface area (Å²) >= 11 is 0. The van der Waals surface area contributed by atoms with Gasteiger partial charge in [0.15, 0.2) is 0 Å². The summed E-state index contributed by atoms with van der Waals surface area (Å²) in [5, 5.41) is 20.3. The maximum Gasteiger partial charge on any atom is 0.330 e. The Hall–Kier alpha value is -0.870. The summed E-state index contributed by atoms with van der Waals surface area (Å²) in [7, 11) is 0. The van der Waals surface area contributed by atoms with Crippen LogP contribution in [-0.4, -0.2) is 34.5 Å². The minimum absolute atomic E-state index is 0.0363. The third-order valence-corrected chi connectivity index (χ3v) is 6.47. The van der Waals surface area contributed by atoms with E-state index in [1.54, 1.807) is 0 Å². The monoisotopic (exact) mass is 438 g/mol. The van der Waals surface area contributed by atoms with Crippen molar-refractivity contribution >= 4 is 5.97 Å². The third kappa shape index (κ3) is 17.4. The highest BCUT2D eigenvalue weighted by Crippen LogP contribution is 2.18. The fourth-order valence-electron chi connectivity index (χ4n) is 4.40. The largest absolute Gasteiger partial charge is 0.459 e. The number of aliphatic hydroxyl groups is 2. The number of carbonyl (C=O) groups excluding carboxylic acids is 1. The molecule has 0 saturated heterocycles. The van der Waals surface area contributed by atoms with Crippen LogP contribution in [-0.2, 0) is 9.53 Å². The van der Waals surface area contributed by atoms with Crippen LogP contribution < -0.4 is 0 Å². The standard InChI is InChI=1S/C27H50O4/c1-2-3-4-5-6-7-8-9-10-11-12-13-14-17-24(28)22-23-25(29)18-15-19-26-20-16-21-27(30)31-26/h16,21,24-26,28-29H,2-15,17-20,22-23H2,1H3/t24-,25+,26-/m0/s1. The van der Waals surface area contributed by atoms with Gasteiger partial charge in [0, 0.05) is 12.5 Å². The first-order valence-electron chi connectivity index (χ1n) is 13.3. The molecule has 4 nitrogen and oxygen atoms in total. The molecule has 1 rings (SSSR count). The minimum atomic E-state index is -0.365. The summed E-state index contributed by atoms with van der Waals surface area (Å²) in [6.07, 6.45) is 25.4. The Labute approximate surface area is 191 Å². The van der Waals surface area contributed by atoms with Crippen molar-refractivity contribution in [2.24, 2.45) is 0 Å². The van der Waals surface area contributed by atoms with Crippen LogP contribution in [0.3, 0.4) is 0 Å². The minimum Gasteiger partial charge on any atom is -0.459 e. The Morgan fingerprint density at radius 3 is 1.77 bits per heavy atom. The summed E-state index contributed by atoms with van der Waals surface area (Å²) in [6, 6.07) is 0. The van der Waals surface area contributed by atoms with Crippen LogP contribution in [0.4, 0.5) is 0 Å². The van der Waals surface area contributed by atoms with E-state index in [2.05, 4.69) is 6.92 Å². The second-order valence-corrected chi connectivity index (χ2v) is 9.54. The first-order chi connectivity index (χ1) is 15.1. The molecule has 0 aromatic carbocycles. The molecule has 0 unspecified atom stereocenters. The maximum absolute atomic E-state index is 11.2. The van der Waals surface area contributed by atoms with Crippen LogP contribution in [0.2, 0.25) is 0 Å². The van der Waals surface area contributed by atoms with E-state index >= 15 is 0 Å². The zero-order valence-electron chi connectivity index (χ0n) is 20.2. The van der Waals surface area contributed by atoms with Gasteiger partial charge in [0.05, 0.1) is 12.2 Å². The number of hydrogen-bond donors (Lipinski definition) is 2. The number of rotatable bonds is 21. The molecule has 3 atom stereocenters. The zero-order valence-corrected chi connectivity index (χ0v) is 20.2. The molecule has 0 aromatic rings. The fraction of sp³-hybridized carbons (Fsp3) is 0.889. The predicted molar refractivity (Wildman–Crippen MR) is 129 cm³/mol. The van der Waals surface area contributed by atoms with Gasteiger partial charge in [0.25, 0.3) is 0 Å². The van der Waals surface area contributed by atoms with E-state index in [9.17, 15) is 15.0 Å². The van der Waals surface area contributed by atoms with E-state index in [1.807, 2.05) is 6.08 Å². The number of hydrogen-bond acceptors (Lipinski definition) is 4. The van der Waals surface area contributed by atoms with Crippen molar-refractivity contribution in [3.8, 4) is 0 Å². The molecule has 31 heavy (non-hydrogen) atoms.